The number of rotatable bonds is 1. The summed E-state index contributed by atoms with van der Waals surface area (Å²) in [5.74, 6) is 0. The minimum atomic E-state index is 0. The van der Waals surface area contributed by atoms with Gasteiger partial charge in [0, 0.05) is 6.54 Å². The van der Waals surface area contributed by atoms with E-state index in [2.05, 4.69) is 0 Å². The van der Waals surface area contributed by atoms with Crippen LogP contribution in [-0.4, -0.2) is 5.48 Å². The quantitative estimate of drug-likeness (QED) is 0.723. The molecule has 0 amide bonds. The molecular formula is C7H13Cl2NO. The molecule has 1 aromatic carbocycles. The van der Waals surface area contributed by atoms with Gasteiger partial charge in [0.05, 0.1) is 0 Å². The van der Waals surface area contributed by atoms with Crippen LogP contribution in [0.3, 0.4) is 0 Å². The van der Waals surface area contributed by atoms with Crippen LogP contribution in [0.15, 0.2) is 30.3 Å². The van der Waals surface area contributed by atoms with Crippen molar-refractivity contribution in [3.8, 4) is 0 Å². The van der Waals surface area contributed by atoms with Crippen molar-refractivity contribution in [2.45, 2.75) is 6.54 Å². The molecule has 1 aromatic rings. The second-order valence-electron chi connectivity index (χ2n) is 1.69. The van der Waals surface area contributed by atoms with E-state index in [0.717, 1.165) is 0 Å². The molecule has 0 saturated carbocycles. The van der Waals surface area contributed by atoms with Crippen LogP contribution < -0.4 is 5.73 Å². The van der Waals surface area contributed by atoms with Crippen LogP contribution in [0.4, 0.5) is 0 Å². The zero-order valence-electron chi connectivity index (χ0n) is 5.99. The van der Waals surface area contributed by atoms with Crippen LogP contribution in [0.1, 0.15) is 5.56 Å². The Balaban J connectivity index is -0.000000213. The molecular weight excluding hydrogens is 185 g/mol. The first-order valence-corrected chi connectivity index (χ1v) is 2.67. The zero-order chi connectivity index (χ0) is 5.82. The lowest BCUT2D eigenvalue weighted by atomic mass is 10.2. The zero-order valence-corrected chi connectivity index (χ0v) is 7.62. The van der Waals surface area contributed by atoms with Crippen LogP contribution in [0.25, 0.3) is 0 Å². The van der Waals surface area contributed by atoms with Gasteiger partial charge in [0.15, 0.2) is 0 Å². The molecule has 0 atom stereocenters. The van der Waals surface area contributed by atoms with Crippen LogP contribution in [0, 0.1) is 0 Å². The summed E-state index contributed by atoms with van der Waals surface area (Å²) in [7, 11) is 0. The van der Waals surface area contributed by atoms with Crippen LogP contribution >= 0.6 is 24.8 Å². The second kappa shape index (κ2) is 9.72. The lowest BCUT2D eigenvalue weighted by Gasteiger charge is -1.90. The van der Waals surface area contributed by atoms with E-state index in [4.69, 9.17) is 5.73 Å². The smallest absolute Gasteiger partial charge is 0.0178 e. The molecule has 0 unspecified atom stereocenters. The van der Waals surface area contributed by atoms with E-state index < -0.39 is 0 Å². The van der Waals surface area contributed by atoms with Gasteiger partial charge < -0.3 is 11.2 Å². The minimum absolute atomic E-state index is 0. The SMILES string of the molecule is Cl.Cl.NCc1ccccc1.O. The third kappa shape index (κ3) is 6.13. The van der Waals surface area contributed by atoms with E-state index in [1.807, 2.05) is 30.3 Å². The Kier molecular flexibility index (Phi) is 15.0. The molecule has 4 N–H and O–H groups in total. The molecule has 0 spiro atoms. The van der Waals surface area contributed by atoms with Gasteiger partial charge in [-0.25, -0.2) is 0 Å². The Bertz CT molecular complexity index is 158. The lowest BCUT2D eigenvalue weighted by molar-refractivity contribution is 0.824. The molecule has 0 heterocycles. The van der Waals surface area contributed by atoms with E-state index in [9.17, 15) is 0 Å². The number of benzene rings is 1. The highest BCUT2D eigenvalue weighted by Crippen LogP contribution is 1.94. The Morgan fingerprint density at radius 1 is 1.00 bits per heavy atom. The average molecular weight is 198 g/mol. The van der Waals surface area contributed by atoms with Gasteiger partial charge in [-0.1, -0.05) is 30.3 Å². The maximum Gasteiger partial charge on any atom is 0.0178 e. The Hall–Kier alpha value is -0.280. The summed E-state index contributed by atoms with van der Waals surface area (Å²) in [5.41, 5.74) is 6.54. The largest absolute Gasteiger partial charge is 0.412 e. The van der Waals surface area contributed by atoms with Crippen LogP contribution in [0.2, 0.25) is 0 Å². The van der Waals surface area contributed by atoms with Crippen molar-refractivity contribution in [2.24, 2.45) is 5.73 Å². The normalized spacial score (nSPS) is 6.64. The molecule has 66 valence electrons. The monoisotopic (exact) mass is 197 g/mol. The van der Waals surface area contributed by atoms with Crippen molar-refractivity contribution < 1.29 is 5.48 Å². The molecule has 4 heteroatoms. The first-order valence-electron chi connectivity index (χ1n) is 2.67. The third-order valence-electron chi connectivity index (χ3n) is 1.08. The van der Waals surface area contributed by atoms with E-state index in [-0.39, 0.29) is 30.3 Å². The summed E-state index contributed by atoms with van der Waals surface area (Å²) < 4.78 is 0. The van der Waals surface area contributed by atoms with Gasteiger partial charge in [0.25, 0.3) is 0 Å². The molecule has 0 fully saturated rings. The van der Waals surface area contributed by atoms with Gasteiger partial charge in [0.2, 0.25) is 0 Å². The minimum Gasteiger partial charge on any atom is -0.412 e. The molecule has 0 aliphatic heterocycles. The standard InChI is InChI=1S/C7H9N.2ClH.H2O/c8-6-7-4-2-1-3-5-7;;;/h1-5H,6,8H2;2*1H;1H2. The number of nitrogens with two attached hydrogens (primary N) is 1. The number of hydrogen-bond acceptors (Lipinski definition) is 1. The van der Waals surface area contributed by atoms with Crippen LogP contribution in [-0.2, 0) is 6.54 Å². The highest BCUT2D eigenvalue weighted by molar-refractivity contribution is 5.85. The predicted molar refractivity (Wildman–Crippen MR) is 52.4 cm³/mol. The maximum atomic E-state index is 5.35. The van der Waals surface area contributed by atoms with E-state index >= 15 is 0 Å². The van der Waals surface area contributed by atoms with Gasteiger partial charge in [-0.2, -0.15) is 0 Å². The summed E-state index contributed by atoms with van der Waals surface area (Å²) in [6, 6.07) is 9.99. The second-order valence-corrected chi connectivity index (χ2v) is 1.69. The fourth-order valence-electron chi connectivity index (χ4n) is 0.614. The van der Waals surface area contributed by atoms with E-state index in [0.29, 0.717) is 6.54 Å². The highest BCUT2D eigenvalue weighted by atomic mass is 35.5. The van der Waals surface area contributed by atoms with Gasteiger partial charge in [-0.05, 0) is 5.56 Å². The van der Waals surface area contributed by atoms with Crippen molar-refractivity contribution in [1.29, 1.82) is 0 Å². The first-order chi connectivity index (χ1) is 3.93. The Morgan fingerprint density at radius 2 is 1.45 bits per heavy atom. The van der Waals surface area contributed by atoms with Crippen molar-refractivity contribution in [1.82, 2.24) is 0 Å². The van der Waals surface area contributed by atoms with Crippen molar-refractivity contribution in [2.75, 3.05) is 0 Å². The fraction of sp³-hybridized carbons (Fsp3) is 0.143. The molecule has 0 aliphatic carbocycles. The van der Waals surface area contributed by atoms with E-state index in [1.54, 1.807) is 0 Å². The summed E-state index contributed by atoms with van der Waals surface area (Å²) in [6.07, 6.45) is 0. The molecule has 1 rings (SSSR count). The summed E-state index contributed by atoms with van der Waals surface area (Å²) >= 11 is 0. The first kappa shape index (κ1) is 17.0. The highest BCUT2D eigenvalue weighted by Gasteiger charge is 1.80. The molecule has 0 radical (unpaired) electrons. The lowest BCUT2D eigenvalue weighted by Crippen LogP contribution is -1.94. The average Bonchev–Trinajstić information content (AvgIpc) is 1.90. The third-order valence-corrected chi connectivity index (χ3v) is 1.08. The van der Waals surface area contributed by atoms with Crippen molar-refractivity contribution in [3.05, 3.63) is 35.9 Å². The van der Waals surface area contributed by atoms with Crippen molar-refractivity contribution >= 4 is 24.8 Å². The fourth-order valence-corrected chi connectivity index (χ4v) is 0.614. The van der Waals surface area contributed by atoms with Gasteiger partial charge in [0.1, 0.15) is 0 Å². The van der Waals surface area contributed by atoms with Crippen molar-refractivity contribution in [3.63, 3.8) is 0 Å². The number of halogens is 2. The van der Waals surface area contributed by atoms with Gasteiger partial charge in [-0.15, -0.1) is 24.8 Å². The molecule has 2 nitrogen and oxygen atoms in total. The maximum absolute atomic E-state index is 5.35. The van der Waals surface area contributed by atoms with Gasteiger partial charge in [-0.3, -0.25) is 0 Å². The molecule has 0 saturated heterocycles. The Morgan fingerprint density at radius 3 is 1.73 bits per heavy atom. The molecule has 0 aliphatic rings. The summed E-state index contributed by atoms with van der Waals surface area (Å²) in [5, 5.41) is 0. The molecule has 0 aromatic heterocycles. The van der Waals surface area contributed by atoms with E-state index in [1.165, 1.54) is 5.56 Å². The molecule has 11 heavy (non-hydrogen) atoms. The summed E-state index contributed by atoms with van der Waals surface area (Å²) in [6.45, 7) is 0.640. The summed E-state index contributed by atoms with van der Waals surface area (Å²) in [4.78, 5) is 0. The Labute approximate surface area is 78.9 Å². The topological polar surface area (TPSA) is 57.5 Å². The molecule has 0 bridgehead atoms. The predicted octanol–water partition coefficient (Wildman–Crippen LogP) is 1.16. The number of hydrogen-bond donors (Lipinski definition) is 1. The van der Waals surface area contributed by atoms with Crippen LogP contribution in [0.5, 0.6) is 0 Å². The van der Waals surface area contributed by atoms with Gasteiger partial charge >= 0.3 is 0 Å².